The number of nitrogens with one attached hydrogen (secondary N) is 1. The number of hydrogen-bond acceptors (Lipinski definition) is 8. The lowest BCUT2D eigenvalue weighted by Gasteiger charge is -2.28. The molecule has 4 rings (SSSR count). The molecular formula is C25H25ClN4O4S. The molecule has 1 aliphatic rings. The largest absolute Gasteiger partial charge is 0.504 e. The first-order chi connectivity index (χ1) is 16.9. The maximum Gasteiger partial charge on any atom is 0.338 e. The fourth-order valence-electron chi connectivity index (χ4n) is 3.71. The Balaban J connectivity index is 1.73. The molecule has 35 heavy (non-hydrogen) atoms. The van der Waals surface area contributed by atoms with E-state index in [0.29, 0.717) is 51.1 Å². The number of carbonyl (C=O) groups excluding carboxylic acids is 1. The smallest absolute Gasteiger partial charge is 0.338 e. The Bertz CT molecular complexity index is 1290. The highest BCUT2D eigenvalue weighted by Gasteiger charge is 2.35. The van der Waals surface area contributed by atoms with Gasteiger partial charge >= 0.3 is 5.97 Å². The Hall–Kier alpha value is -3.43. The van der Waals surface area contributed by atoms with E-state index < -0.39 is 12.0 Å². The SMILES string of the molecule is C=CCOC(=O)C1=C(C)Nc2nc(SCc3ccccc3Cl)nn2C1c1ccc(O)c(OCC)c1. The lowest BCUT2D eigenvalue weighted by Crippen LogP contribution is -2.29. The van der Waals surface area contributed by atoms with Crippen molar-refractivity contribution in [2.45, 2.75) is 30.8 Å². The Morgan fingerprint density at radius 1 is 1.34 bits per heavy atom. The van der Waals surface area contributed by atoms with Gasteiger partial charge in [0, 0.05) is 16.5 Å². The van der Waals surface area contributed by atoms with E-state index in [1.807, 2.05) is 31.2 Å². The number of nitrogens with zero attached hydrogens (tertiary/aromatic N) is 3. The number of thioether (sulfide) groups is 1. The second kappa shape index (κ2) is 10.9. The van der Waals surface area contributed by atoms with Crippen LogP contribution in [0.2, 0.25) is 5.02 Å². The van der Waals surface area contributed by atoms with Crippen molar-refractivity contribution >= 4 is 35.3 Å². The van der Waals surface area contributed by atoms with Crippen molar-refractivity contribution in [3.63, 3.8) is 0 Å². The minimum absolute atomic E-state index is 0.0100. The topological polar surface area (TPSA) is 98.5 Å². The van der Waals surface area contributed by atoms with E-state index in [4.69, 9.17) is 26.2 Å². The summed E-state index contributed by atoms with van der Waals surface area (Å²) in [6.45, 7) is 7.69. The Labute approximate surface area is 212 Å². The fourth-order valence-corrected chi connectivity index (χ4v) is 4.82. The summed E-state index contributed by atoms with van der Waals surface area (Å²) in [6, 6.07) is 11.9. The molecule has 0 aliphatic carbocycles. The number of carbonyl (C=O) groups is 1. The van der Waals surface area contributed by atoms with Crippen LogP contribution in [-0.4, -0.2) is 39.1 Å². The number of halogens is 1. The van der Waals surface area contributed by atoms with E-state index in [-0.39, 0.29) is 12.4 Å². The van der Waals surface area contributed by atoms with Gasteiger partial charge in [0.25, 0.3) is 0 Å². The number of anilines is 1. The number of aromatic nitrogens is 3. The highest BCUT2D eigenvalue weighted by Crippen LogP contribution is 2.40. The molecule has 1 aromatic heterocycles. The molecular weight excluding hydrogens is 488 g/mol. The predicted molar refractivity (Wildman–Crippen MR) is 136 cm³/mol. The number of benzene rings is 2. The standard InChI is InChI=1S/C25H25ClN4O4S/c1-4-12-34-23(32)21-15(3)27-24-28-25(35-14-17-8-6-7-9-18(17)26)29-30(24)22(21)16-10-11-19(31)20(13-16)33-5-2/h4,6-11,13,22,31H,1,5,12,14H2,2-3H3,(H,27,28,29). The fraction of sp³-hybridized carbons (Fsp3) is 0.240. The van der Waals surface area contributed by atoms with Crippen LogP contribution in [0.3, 0.4) is 0 Å². The molecule has 1 aliphatic heterocycles. The van der Waals surface area contributed by atoms with E-state index in [0.717, 1.165) is 5.56 Å². The zero-order valence-corrected chi connectivity index (χ0v) is 20.9. The number of esters is 1. The van der Waals surface area contributed by atoms with E-state index in [9.17, 15) is 9.90 Å². The van der Waals surface area contributed by atoms with E-state index in [1.54, 1.807) is 23.7 Å². The molecule has 0 fully saturated rings. The molecule has 0 spiro atoms. The first-order valence-electron chi connectivity index (χ1n) is 11.0. The summed E-state index contributed by atoms with van der Waals surface area (Å²) in [5.41, 5.74) is 2.63. The van der Waals surface area contributed by atoms with Crippen LogP contribution in [-0.2, 0) is 15.3 Å². The van der Waals surface area contributed by atoms with Crippen LogP contribution in [0.25, 0.3) is 0 Å². The molecule has 2 aromatic carbocycles. The molecule has 2 N–H and O–H groups in total. The molecule has 8 nitrogen and oxygen atoms in total. The summed E-state index contributed by atoms with van der Waals surface area (Å²) in [7, 11) is 0. The number of aromatic hydroxyl groups is 1. The van der Waals surface area contributed by atoms with Gasteiger partial charge in [-0.3, -0.25) is 0 Å². The van der Waals surface area contributed by atoms with Crippen molar-refractivity contribution in [1.29, 1.82) is 0 Å². The normalized spacial score (nSPS) is 14.8. The van der Waals surface area contributed by atoms with Gasteiger partial charge in [-0.25, -0.2) is 9.48 Å². The lowest BCUT2D eigenvalue weighted by molar-refractivity contribution is -0.138. The number of fused-ring (bicyclic) bond motifs is 1. The van der Waals surface area contributed by atoms with Gasteiger partial charge < -0.3 is 19.9 Å². The summed E-state index contributed by atoms with van der Waals surface area (Å²) in [5, 5.41) is 19.3. The van der Waals surface area contributed by atoms with Crippen LogP contribution in [0.15, 0.2) is 71.5 Å². The minimum atomic E-state index is -0.648. The number of rotatable bonds is 9. The van der Waals surface area contributed by atoms with Crippen molar-refractivity contribution in [3.8, 4) is 11.5 Å². The monoisotopic (exact) mass is 512 g/mol. The van der Waals surface area contributed by atoms with E-state index in [2.05, 4.69) is 16.9 Å². The molecule has 0 saturated heterocycles. The number of phenolic OH excluding ortho intramolecular Hbond substituents is 1. The second-order valence-electron chi connectivity index (χ2n) is 7.66. The molecule has 1 unspecified atom stereocenters. The summed E-state index contributed by atoms with van der Waals surface area (Å²) in [4.78, 5) is 17.7. The Morgan fingerprint density at radius 2 is 2.14 bits per heavy atom. The van der Waals surface area contributed by atoms with Crippen LogP contribution >= 0.6 is 23.4 Å². The van der Waals surface area contributed by atoms with E-state index in [1.165, 1.54) is 23.9 Å². The Morgan fingerprint density at radius 3 is 2.89 bits per heavy atom. The summed E-state index contributed by atoms with van der Waals surface area (Å²) in [5.74, 6) is 0.894. The van der Waals surface area contributed by atoms with Gasteiger partial charge in [-0.2, -0.15) is 4.98 Å². The van der Waals surface area contributed by atoms with Gasteiger partial charge in [0.2, 0.25) is 11.1 Å². The summed E-state index contributed by atoms with van der Waals surface area (Å²) < 4.78 is 12.6. The molecule has 0 bridgehead atoms. The molecule has 1 atom stereocenters. The van der Waals surface area contributed by atoms with Gasteiger partial charge in [-0.05, 0) is 43.2 Å². The number of hydrogen-bond donors (Lipinski definition) is 2. The average Bonchev–Trinajstić information content (AvgIpc) is 3.25. The van der Waals surface area contributed by atoms with Crippen molar-refractivity contribution in [3.05, 3.63) is 82.5 Å². The number of allylic oxidation sites excluding steroid dienone is 1. The van der Waals surface area contributed by atoms with Crippen molar-refractivity contribution in [1.82, 2.24) is 14.8 Å². The third-order valence-corrected chi connectivity index (χ3v) is 6.55. The molecule has 182 valence electrons. The molecule has 3 aromatic rings. The molecule has 0 saturated carbocycles. The maximum atomic E-state index is 13.1. The lowest BCUT2D eigenvalue weighted by atomic mass is 9.95. The summed E-state index contributed by atoms with van der Waals surface area (Å²) >= 11 is 7.73. The van der Waals surface area contributed by atoms with Crippen LogP contribution < -0.4 is 10.1 Å². The van der Waals surface area contributed by atoms with Gasteiger partial charge in [0.15, 0.2) is 11.5 Å². The molecule has 0 amide bonds. The average molecular weight is 513 g/mol. The predicted octanol–water partition coefficient (Wildman–Crippen LogP) is 5.35. The highest BCUT2D eigenvalue weighted by molar-refractivity contribution is 7.98. The van der Waals surface area contributed by atoms with Gasteiger partial charge in [0.1, 0.15) is 12.6 Å². The zero-order chi connectivity index (χ0) is 24.9. The van der Waals surface area contributed by atoms with Crippen molar-refractivity contribution in [2.24, 2.45) is 0 Å². The first kappa shape index (κ1) is 24.7. The van der Waals surface area contributed by atoms with Gasteiger partial charge in [0.05, 0.1) is 12.2 Å². The van der Waals surface area contributed by atoms with Gasteiger partial charge in [-0.1, -0.05) is 60.3 Å². The first-order valence-corrected chi connectivity index (χ1v) is 12.3. The third kappa shape index (κ3) is 5.31. The van der Waals surface area contributed by atoms with E-state index >= 15 is 0 Å². The molecule has 0 radical (unpaired) electrons. The second-order valence-corrected chi connectivity index (χ2v) is 9.01. The summed E-state index contributed by atoms with van der Waals surface area (Å²) in [6.07, 6.45) is 1.51. The Kier molecular flexibility index (Phi) is 7.67. The van der Waals surface area contributed by atoms with Crippen molar-refractivity contribution in [2.75, 3.05) is 18.5 Å². The quantitative estimate of drug-likeness (QED) is 0.225. The minimum Gasteiger partial charge on any atom is -0.504 e. The van der Waals surface area contributed by atoms with Crippen LogP contribution in [0.5, 0.6) is 11.5 Å². The third-order valence-electron chi connectivity index (χ3n) is 5.30. The van der Waals surface area contributed by atoms with Crippen LogP contribution in [0, 0.1) is 0 Å². The molecule has 2 heterocycles. The van der Waals surface area contributed by atoms with Crippen LogP contribution in [0.1, 0.15) is 31.0 Å². The molecule has 10 heteroatoms. The van der Waals surface area contributed by atoms with Gasteiger partial charge in [-0.15, -0.1) is 5.10 Å². The highest BCUT2D eigenvalue weighted by atomic mass is 35.5. The van der Waals surface area contributed by atoms with Crippen LogP contribution in [0.4, 0.5) is 5.95 Å². The number of ether oxygens (including phenoxy) is 2. The van der Waals surface area contributed by atoms with Crippen molar-refractivity contribution < 1.29 is 19.4 Å². The number of phenols is 1. The zero-order valence-electron chi connectivity index (χ0n) is 19.3. The maximum absolute atomic E-state index is 13.1.